The molecule has 0 aromatic heterocycles. The standard InChI is InChI=1S/C22H29N3O5S/c1-17-4-8-19(9-5-17)30-20-10-6-18(7-11-20)25(31(3,27)28)16-21(22(26)23-2)24-12-14-29-15-13-24/h4-11,21H,12-16H2,1-3H3,(H,23,26)/t21-/m0/s1. The first-order valence-electron chi connectivity index (χ1n) is 10.1. The molecule has 1 N–H and O–H groups in total. The van der Waals surface area contributed by atoms with Crippen LogP contribution >= 0.6 is 0 Å². The summed E-state index contributed by atoms with van der Waals surface area (Å²) in [6.07, 6.45) is 1.14. The van der Waals surface area contributed by atoms with Gasteiger partial charge in [0.1, 0.15) is 17.5 Å². The second-order valence-corrected chi connectivity index (χ2v) is 9.39. The second-order valence-electron chi connectivity index (χ2n) is 7.48. The Hall–Kier alpha value is -2.62. The summed E-state index contributed by atoms with van der Waals surface area (Å²) < 4.78 is 37.6. The van der Waals surface area contributed by atoms with Crippen molar-refractivity contribution in [2.75, 3.05) is 50.5 Å². The number of benzene rings is 2. The summed E-state index contributed by atoms with van der Waals surface area (Å²) in [5.41, 5.74) is 1.61. The molecule has 168 valence electrons. The van der Waals surface area contributed by atoms with Crippen LogP contribution in [0.3, 0.4) is 0 Å². The monoisotopic (exact) mass is 447 g/mol. The van der Waals surface area contributed by atoms with Crippen molar-refractivity contribution in [1.29, 1.82) is 0 Å². The molecule has 3 rings (SSSR count). The lowest BCUT2D eigenvalue weighted by atomic mass is 10.2. The lowest BCUT2D eigenvalue weighted by Crippen LogP contribution is -2.56. The molecule has 1 fully saturated rings. The third kappa shape index (κ3) is 6.19. The van der Waals surface area contributed by atoms with E-state index in [1.54, 1.807) is 31.3 Å². The van der Waals surface area contributed by atoms with Gasteiger partial charge in [-0.15, -0.1) is 0 Å². The van der Waals surface area contributed by atoms with Crippen molar-refractivity contribution in [1.82, 2.24) is 10.2 Å². The highest BCUT2D eigenvalue weighted by molar-refractivity contribution is 7.92. The van der Waals surface area contributed by atoms with Crippen LogP contribution < -0.4 is 14.4 Å². The maximum absolute atomic E-state index is 12.6. The highest BCUT2D eigenvalue weighted by atomic mass is 32.2. The van der Waals surface area contributed by atoms with Crippen LogP contribution in [0.15, 0.2) is 48.5 Å². The number of nitrogens with one attached hydrogen (secondary N) is 1. The van der Waals surface area contributed by atoms with E-state index in [0.29, 0.717) is 43.5 Å². The minimum Gasteiger partial charge on any atom is -0.457 e. The van der Waals surface area contributed by atoms with Crippen LogP contribution in [0.2, 0.25) is 0 Å². The van der Waals surface area contributed by atoms with Gasteiger partial charge < -0.3 is 14.8 Å². The molecule has 1 saturated heterocycles. The van der Waals surface area contributed by atoms with E-state index >= 15 is 0 Å². The number of hydrogen-bond acceptors (Lipinski definition) is 6. The Morgan fingerprint density at radius 2 is 1.65 bits per heavy atom. The van der Waals surface area contributed by atoms with E-state index in [9.17, 15) is 13.2 Å². The van der Waals surface area contributed by atoms with Crippen LogP contribution in [0.5, 0.6) is 11.5 Å². The van der Waals surface area contributed by atoms with Crippen molar-refractivity contribution < 1.29 is 22.7 Å². The summed E-state index contributed by atoms with van der Waals surface area (Å²) in [7, 11) is -2.06. The van der Waals surface area contributed by atoms with Crippen molar-refractivity contribution in [3.05, 3.63) is 54.1 Å². The summed E-state index contributed by atoms with van der Waals surface area (Å²) in [5.74, 6) is 1.07. The maximum Gasteiger partial charge on any atom is 0.238 e. The topological polar surface area (TPSA) is 88.2 Å². The maximum atomic E-state index is 12.6. The molecule has 2 aromatic carbocycles. The number of amides is 1. The first-order valence-corrected chi connectivity index (χ1v) is 12.0. The Morgan fingerprint density at radius 1 is 1.10 bits per heavy atom. The Labute approximate surface area is 183 Å². The average molecular weight is 448 g/mol. The Balaban J connectivity index is 1.81. The normalized spacial score (nSPS) is 15.8. The molecule has 1 amide bonds. The van der Waals surface area contributed by atoms with E-state index in [0.717, 1.165) is 11.8 Å². The van der Waals surface area contributed by atoms with Crippen molar-refractivity contribution in [2.45, 2.75) is 13.0 Å². The number of anilines is 1. The van der Waals surface area contributed by atoms with E-state index in [4.69, 9.17) is 9.47 Å². The molecular formula is C22H29N3O5S. The Kier molecular flexibility index (Phi) is 7.53. The molecule has 2 aromatic rings. The number of likely N-dealkylation sites (N-methyl/N-ethyl adjacent to an activating group) is 1. The van der Waals surface area contributed by atoms with Gasteiger partial charge in [-0.25, -0.2) is 8.42 Å². The van der Waals surface area contributed by atoms with Gasteiger partial charge in [0.25, 0.3) is 0 Å². The molecule has 9 heteroatoms. The third-order valence-corrected chi connectivity index (χ3v) is 6.32. The van der Waals surface area contributed by atoms with E-state index in [1.165, 1.54) is 4.31 Å². The number of carbonyl (C=O) groups is 1. The fourth-order valence-corrected chi connectivity index (χ4v) is 4.35. The van der Waals surface area contributed by atoms with Gasteiger partial charge in [-0.3, -0.25) is 14.0 Å². The van der Waals surface area contributed by atoms with Gasteiger partial charge in [0.15, 0.2) is 0 Å². The largest absolute Gasteiger partial charge is 0.457 e. The smallest absolute Gasteiger partial charge is 0.238 e. The van der Waals surface area contributed by atoms with Crippen molar-refractivity contribution in [3.8, 4) is 11.5 Å². The van der Waals surface area contributed by atoms with Gasteiger partial charge in [-0.1, -0.05) is 17.7 Å². The van der Waals surface area contributed by atoms with Crippen LogP contribution in [-0.2, 0) is 19.6 Å². The Bertz CT molecular complexity index is 971. The fourth-order valence-electron chi connectivity index (χ4n) is 3.43. The molecule has 8 nitrogen and oxygen atoms in total. The van der Waals surface area contributed by atoms with Gasteiger partial charge >= 0.3 is 0 Å². The van der Waals surface area contributed by atoms with Crippen LogP contribution in [0.4, 0.5) is 5.69 Å². The van der Waals surface area contributed by atoms with Gasteiger partial charge in [0, 0.05) is 20.1 Å². The molecule has 1 heterocycles. The quantitative estimate of drug-likeness (QED) is 0.666. The zero-order chi connectivity index (χ0) is 22.4. The SMILES string of the molecule is CNC(=O)[C@H](CN(c1ccc(Oc2ccc(C)cc2)cc1)S(C)(=O)=O)N1CCOCC1. The molecule has 1 aliphatic rings. The number of ether oxygens (including phenoxy) is 2. The zero-order valence-corrected chi connectivity index (χ0v) is 18.9. The number of morpholine rings is 1. The minimum atomic E-state index is -3.62. The lowest BCUT2D eigenvalue weighted by Gasteiger charge is -2.36. The molecular weight excluding hydrogens is 418 g/mol. The van der Waals surface area contributed by atoms with E-state index < -0.39 is 16.1 Å². The third-order valence-electron chi connectivity index (χ3n) is 5.16. The molecule has 1 atom stereocenters. The summed E-state index contributed by atoms with van der Waals surface area (Å²) in [5, 5.41) is 2.65. The van der Waals surface area contributed by atoms with Gasteiger partial charge in [0.05, 0.1) is 31.7 Å². The van der Waals surface area contributed by atoms with E-state index in [2.05, 4.69) is 5.32 Å². The summed E-state index contributed by atoms with van der Waals surface area (Å²) in [4.78, 5) is 14.5. The van der Waals surface area contributed by atoms with Crippen LogP contribution in [0, 0.1) is 6.92 Å². The van der Waals surface area contributed by atoms with Crippen LogP contribution in [0.1, 0.15) is 5.56 Å². The number of sulfonamides is 1. The molecule has 31 heavy (non-hydrogen) atoms. The van der Waals surface area contributed by atoms with Crippen molar-refractivity contribution in [3.63, 3.8) is 0 Å². The summed E-state index contributed by atoms with van der Waals surface area (Å²) >= 11 is 0. The Morgan fingerprint density at radius 3 is 2.16 bits per heavy atom. The zero-order valence-electron chi connectivity index (χ0n) is 18.1. The molecule has 0 radical (unpaired) electrons. The molecule has 0 bridgehead atoms. The van der Waals surface area contributed by atoms with Gasteiger partial charge in [-0.2, -0.15) is 0 Å². The summed E-state index contributed by atoms with van der Waals surface area (Å²) in [6.45, 7) is 4.17. The van der Waals surface area contributed by atoms with Gasteiger partial charge in [0.2, 0.25) is 15.9 Å². The second kappa shape index (κ2) is 10.1. The highest BCUT2D eigenvalue weighted by Crippen LogP contribution is 2.26. The van der Waals surface area contributed by atoms with Crippen molar-refractivity contribution in [2.24, 2.45) is 0 Å². The highest BCUT2D eigenvalue weighted by Gasteiger charge is 2.31. The van der Waals surface area contributed by atoms with Crippen LogP contribution in [-0.4, -0.2) is 71.4 Å². The molecule has 0 aliphatic carbocycles. The van der Waals surface area contributed by atoms with E-state index in [1.807, 2.05) is 36.1 Å². The fraction of sp³-hybridized carbons (Fsp3) is 0.409. The molecule has 1 aliphatic heterocycles. The molecule has 0 unspecified atom stereocenters. The number of hydrogen-bond donors (Lipinski definition) is 1. The first-order chi connectivity index (χ1) is 14.8. The number of aryl methyl sites for hydroxylation is 1. The van der Waals surface area contributed by atoms with Crippen LogP contribution in [0.25, 0.3) is 0 Å². The molecule has 0 spiro atoms. The lowest BCUT2D eigenvalue weighted by molar-refractivity contribution is -0.127. The van der Waals surface area contributed by atoms with Gasteiger partial charge in [-0.05, 0) is 43.3 Å². The van der Waals surface area contributed by atoms with E-state index in [-0.39, 0.29) is 12.5 Å². The number of carbonyl (C=O) groups excluding carboxylic acids is 1. The minimum absolute atomic E-state index is 0.0106. The van der Waals surface area contributed by atoms with Crippen molar-refractivity contribution >= 4 is 21.6 Å². The predicted octanol–water partition coefficient (Wildman–Crippen LogP) is 2.00. The first kappa shape index (κ1) is 23.1. The predicted molar refractivity (Wildman–Crippen MR) is 120 cm³/mol. The average Bonchev–Trinajstić information content (AvgIpc) is 2.76. The number of nitrogens with zero attached hydrogens (tertiary/aromatic N) is 2. The number of rotatable bonds is 8. The summed E-state index contributed by atoms with van der Waals surface area (Å²) in [6, 6.07) is 13.9. The molecule has 0 saturated carbocycles.